The Morgan fingerprint density at radius 1 is 1.17 bits per heavy atom. The molecular weight excluding hydrogens is 312 g/mol. The predicted molar refractivity (Wildman–Crippen MR) is 95.3 cm³/mol. The SMILES string of the molecule is CC(Oc1ccccc1)C(=O)N1CCCc2c(N)cccc21.Cl. The van der Waals surface area contributed by atoms with Crippen LogP contribution in [-0.4, -0.2) is 18.6 Å². The standard InChI is InChI=1S/C18H20N2O2.ClH/c1-13(22-14-7-3-2-4-8-14)18(21)20-12-6-9-15-16(19)10-5-11-17(15)20;/h2-5,7-8,10-11,13H,6,9,12,19H2,1H3;1H. The molecule has 1 unspecified atom stereocenters. The lowest BCUT2D eigenvalue weighted by atomic mass is 9.99. The molecule has 2 aromatic rings. The number of benzene rings is 2. The molecule has 1 amide bonds. The average Bonchev–Trinajstić information content (AvgIpc) is 2.55. The van der Waals surface area contributed by atoms with Crippen LogP contribution in [0.25, 0.3) is 0 Å². The second-order valence-electron chi connectivity index (χ2n) is 5.51. The molecule has 1 heterocycles. The van der Waals surface area contributed by atoms with E-state index in [0.717, 1.165) is 29.8 Å². The maximum atomic E-state index is 12.7. The van der Waals surface area contributed by atoms with Crippen LogP contribution in [0.15, 0.2) is 48.5 Å². The van der Waals surface area contributed by atoms with Crippen LogP contribution in [0.5, 0.6) is 5.75 Å². The first-order valence-electron chi connectivity index (χ1n) is 7.57. The molecular formula is C18H21ClN2O2. The number of para-hydroxylation sites is 1. The largest absolute Gasteiger partial charge is 0.481 e. The lowest BCUT2D eigenvalue weighted by Gasteiger charge is -2.32. The fourth-order valence-electron chi connectivity index (χ4n) is 2.85. The van der Waals surface area contributed by atoms with Crippen LogP contribution in [-0.2, 0) is 11.2 Å². The van der Waals surface area contributed by atoms with Gasteiger partial charge in [0, 0.05) is 17.9 Å². The van der Waals surface area contributed by atoms with Gasteiger partial charge in [0.25, 0.3) is 5.91 Å². The molecule has 2 aromatic carbocycles. The van der Waals surface area contributed by atoms with E-state index in [1.54, 1.807) is 11.8 Å². The van der Waals surface area contributed by atoms with Gasteiger partial charge in [0.2, 0.25) is 0 Å². The molecule has 3 rings (SSSR count). The number of anilines is 2. The summed E-state index contributed by atoms with van der Waals surface area (Å²) in [5.74, 6) is 0.670. The lowest BCUT2D eigenvalue weighted by Crippen LogP contribution is -2.43. The van der Waals surface area contributed by atoms with Gasteiger partial charge in [-0.05, 0) is 49.6 Å². The molecule has 0 spiro atoms. The number of nitrogen functional groups attached to an aromatic ring is 1. The number of halogens is 1. The Morgan fingerprint density at radius 3 is 2.65 bits per heavy atom. The number of hydrogen-bond acceptors (Lipinski definition) is 3. The first-order chi connectivity index (χ1) is 10.7. The third kappa shape index (κ3) is 3.59. The van der Waals surface area contributed by atoms with Gasteiger partial charge in [-0.3, -0.25) is 4.79 Å². The van der Waals surface area contributed by atoms with Gasteiger partial charge in [0.05, 0.1) is 0 Å². The predicted octanol–water partition coefficient (Wildman–Crippen LogP) is 3.44. The summed E-state index contributed by atoms with van der Waals surface area (Å²) in [6, 6.07) is 15.1. The van der Waals surface area contributed by atoms with E-state index in [0.29, 0.717) is 12.3 Å². The number of hydrogen-bond donors (Lipinski definition) is 1. The number of ether oxygens (including phenoxy) is 1. The number of fused-ring (bicyclic) bond motifs is 1. The van der Waals surface area contributed by atoms with Crippen molar-refractivity contribution >= 4 is 29.7 Å². The molecule has 4 nitrogen and oxygen atoms in total. The summed E-state index contributed by atoms with van der Waals surface area (Å²) in [5.41, 5.74) is 8.77. The van der Waals surface area contributed by atoms with Gasteiger partial charge >= 0.3 is 0 Å². The van der Waals surface area contributed by atoms with Crippen molar-refractivity contribution in [1.29, 1.82) is 0 Å². The van der Waals surface area contributed by atoms with E-state index in [9.17, 15) is 4.79 Å². The first kappa shape index (κ1) is 17.2. The Balaban J connectivity index is 0.00000192. The maximum Gasteiger partial charge on any atom is 0.267 e. The van der Waals surface area contributed by atoms with Crippen molar-refractivity contribution in [1.82, 2.24) is 0 Å². The van der Waals surface area contributed by atoms with Crippen LogP contribution >= 0.6 is 12.4 Å². The summed E-state index contributed by atoms with van der Waals surface area (Å²) in [6.45, 7) is 2.49. The van der Waals surface area contributed by atoms with Gasteiger partial charge in [-0.25, -0.2) is 0 Å². The summed E-state index contributed by atoms with van der Waals surface area (Å²) in [4.78, 5) is 14.5. The molecule has 0 radical (unpaired) electrons. The van der Waals surface area contributed by atoms with E-state index in [1.807, 2.05) is 48.5 Å². The van der Waals surface area contributed by atoms with E-state index >= 15 is 0 Å². The van der Waals surface area contributed by atoms with Crippen LogP contribution in [0.2, 0.25) is 0 Å². The Bertz CT molecular complexity index is 676. The van der Waals surface area contributed by atoms with Crippen molar-refractivity contribution in [3.8, 4) is 5.75 Å². The first-order valence-corrected chi connectivity index (χ1v) is 7.57. The lowest BCUT2D eigenvalue weighted by molar-refractivity contribution is -0.124. The Hall–Kier alpha value is -2.20. The Morgan fingerprint density at radius 2 is 1.91 bits per heavy atom. The second-order valence-corrected chi connectivity index (χ2v) is 5.51. The van der Waals surface area contributed by atoms with Gasteiger partial charge in [0.15, 0.2) is 6.10 Å². The normalized spacial score (nSPS) is 14.4. The van der Waals surface area contributed by atoms with Crippen LogP contribution in [0, 0.1) is 0 Å². The van der Waals surface area contributed by atoms with Crippen molar-refractivity contribution in [2.24, 2.45) is 0 Å². The van der Waals surface area contributed by atoms with Gasteiger partial charge < -0.3 is 15.4 Å². The summed E-state index contributed by atoms with van der Waals surface area (Å²) < 4.78 is 5.75. The molecule has 2 N–H and O–H groups in total. The Kier molecular flexibility index (Phi) is 5.50. The van der Waals surface area contributed by atoms with Crippen molar-refractivity contribution in [3.63, 3.8) is 0 Å². The van der Waals surface area contributed by atoms with Crippen LogP contribution in [0.3, 0.4) is 0 Å². The minimum absolute atomic E-state index is 0. The summed E-state index contributed by atoms with van der Waals surface area (Å²) in [5, 5.41) is 0. The summed E-state index contributed by atoms with van der Waals surface area (Å²) >= 11 is 0. The molecule has 0 saturated carbocycles. The molecule has 122 valence electrons. The number of carbonyl (C=O) groups excluding carboxylic acids is 1. The number of amides is 1. The van der Waals surface area contributed by atoms with Crippen molar-refractivity contribution in [3.05, 3.63) is 54.1 Å². The molecule has 23 heavy (non-hydrogen) atoms. The molecule has 0 saturated heterocycles. The number of rotatable bonds is 3. The average molecular weight is 333 g/mol. The summed E-state index contributed by atoms with van der Waals surface area (Å²) in [7, 11) is 0. The number of nitrogens with two attached hydrogens (primary N) is 1. The third-order valence-corrected chi connectivity index (χ3v) is 3.96. The monoisotopic (exact) mass is 332 g/mol. The molecule has 0 fully saturated rings. The van der Waals surface area contributed by atoms with Crippen LogP contribution in [0.4, 0.5) is 11.4 Å². The molecule has 0 aliphatic carbocycles. The highest BCUT2D eigenvalue weighted by molar-refractivity contribution is 5.98. The van der Waals surface area contributed by atoms with E-state index in [4.69, 9.17) is 10.5 Å². The molecule has 1 aliphatic heterocycles. The fourth-order valence-corrected chi connectivity index (χ4v) is 2.85. The van der Waals surface area contributed by atoms with Crippen LogP contribution < -0.4 is 15.4 Å². The van der Waals surface area contributed by atoms with Crippen molar-refractivity contribution in [2.45, 2.75) is 25.9 Å². The van der Waals surface area contributed by atoms with E-state index in [1.165, 1.54) is 0 Å². The van der Waals surface area contributed by atoms with E-state index in [2.05, 4.69) is 0 Å². The minimum atomic E-state index is -0.533. The smallest absolute Gasteiger partial charge is 0.267 e. The van der Waals surface area contributed by atoms with Crippen LogP contribution in [0.1, 0.15) is 18.9 Å². The highest BCUT2D eigenvalue weighted by Crippen LogP contribution is 2.31. The number of nitrogens with zero attached hydrogens (tertiary/aromatic N) is 1. The van der Waals surface area contributed by atoms with Crippen molar-refractivity contribution in [2.75, 3.05) is 17.2 Å². The van der Waals surface area contributed by atoms with Gasteiger partial charge in [-0.15, -0.1) is 12.4 Å². The molecule has 0 bridgehead atoms. The zero-order chi connectivity index (χ0) is 15.5. The zero-order valence-corrected chi connectivity index (χ0v) is 13.9. The highest BCUT2D eigenvalue weighted by Gasteiger charge is 2.28. The maximum absolute atomic E-state index is 12.7. The topological polar surface area (TPSA) is 55.6 Å². The molecule has 1 atom stereocenters. The quantitative estimate of drug-likeness (QED) is 0.876. The Labute approximate surface area is 142 Å². The van der Waals surface area contributed by atoms with E-state index in [-0.39, 0.29) is 18.3 Å². The van der Waals surface area contributed by atoms with Crippen molar-refractivity contribution < 1.29 is 9.53 Å². The number of carbonyl (C=O) groups is 1. The second kappa shape index (κ2) is 7.38. The third-order valence-electron chi connectivity index (χ3n) is 3.96. The van der Waals surface area contributed by atoms with Gasteiger partial charge in [-0.2, -0.15) is 0 Å². The fraction of sp³-hybridized carbons (Fsp3) is 0.278. The van der Waals surface area contributed by atoms with Gasteiger partial charge in [-0.1, -0.05) is 24.3 Å². The van der Waals surface area contributed by atoms with E-state index < -0.39 is 6.10 Å². The summed E-state index contributed by atoms with van der Waals surface area (Å²) in [6.07, 6.45) is 1.31. The highest BCUT2D eigenvalue weighted by atomic mass is 35.5. The zero-order valence-electron chi connectivity index (χ0n) is 13.1. The van der Waals surface area contributed by atoms with Gasteiger partial charge in [0.1, 0.15) is 5.75 Å². The molecule has 1 aliphatic rings. The minimum Gasteiger partial charge on any atom is -0.481 e. The molecule has 5 heteroatoms. The molecule has 0 aromatic heterocycles.